The smallest absolute Gasteiger partial charge is 0.102 e. The molecule has 0 aromatic heterocycles. The summed E-state index contributed by atoms with van der Waals surface area (Å²) in [4.78, 5) is 0. The van der Waals surface area contributed by atoms with Gasteiger partial charge in [0.25, 0.3) is 0 Å². The Labute approximate surface area is 60.8 Å². The molecular weight excluding hydrogens is 133 g/mol. The Balaban J connectivity index is 2.14. The molecule has 60 valence electrons. The van der Waals surface area contributed by atoms with E-state index >= 15 is 0 Å². The van der Waals surface area contributed by atoms with Crippen LogP contribution in [0.25, 0.3) is 0 Å². The van der Waals surface area contributed by atoms with Gasteiger partial charge in [-0.15, -0.1) is 0 Å². The van der Waals surface area contributed by atoms with E-state index in [-0.39, 0.29) is 12.8 Å². The van der Waals surface area contributed by atoms with Crippen molar-refractivity contribution in [3.05, 3.63) is 0 Å². The fourth-order valence-electron chi connectivity index (χ4n) is 1.24. The number of ether oxygens (including phenoxy) is 1. The highest BCUT2D eigenvalue weighted by atomic mass is 19.1. The van der Waals surface area contributed by atoms with E-state index in [0.29, 0.717) is 12.6 Å². The SMILES string of the molecule is C[C@H]1OCC[C@H]1NCCF. The van der Waals surface area contributed by atoms with Gasteiger partial charge in [-0.05, 0) is 13.3 Å². The van der Waals surface area contributed by atoms with Crippen LogP contribution in [-0.4, -0.2) is 32.0 Å². The summed E-state index contributed by atoms with van der Waals surface area (Å²) in [5, 5.41) is 3.08. The van der Waals surface area contributed by atoms with Gasteiger partial charge in [0.15, 0.2) is 0 Å². The lowest BCUT2D eigenvalue weighted by Crippen LogP contribution is -2.35. The normalized spacial score (nSPS) is 33.0. The summed E-state index contributed by atoms with van der Waals surface area (Å²) >= 11 is 0. The van der Waals surface area contributed by atoms with Crippen molar-refractivity contribution in [1.82, 2.24) is 5.32 Å². The van der Waals surface area contributed by atoms with E-state index in [1.165, 1.54) is 0 Å². The van der Waals surface area contributed by atoms with Gasteiger partial charge in [0, 0.05) is 19.2 Å². The van der Waals surface area contributed by atoms with E-state index in [9.17, 15) is 4.39 Å². The summed E-state index contributed by atoms with van der Waals surface area (Å²) in [6, 6.07) is 0.371. The molecule has 1 aliphatic heterocycles. The first-order valence-corrected chi connectivity index (χ1v) is 3.75. The van der Waals surface area contributed by atoms with Crippen molar-refractivity contribution in [2.24, 2.45) is 0 Å². The van der Waals surface area contributed by atoms with E-state index in [1.807, 2.05) is 6.92 Å². The Morgan fingerprint density at radius 2 is 2.50 bits per heavy atom. The molecule has 1 fully saturated rings. The number of hydrogen-bond donors (Lipinski definition) is 1. The second-order valence-electron chi connectivity index (χ2n) is 2.61. The molecule has 0 saturated carbocycles. The van der Waals surface area contributed by atoms with Crippen molar-refractivity contribution in [2.75, 3.05) is 19.8 Å². The zero-order chi connectivity index (χ0) is 7.40. The summed E-state index contributed by atoms with van der Waals surface area (Å²) in [5.41, 5.74) is 0. The third-order valence-electron chi connectivity index (χ3n) is 1.88. The van der Waals surface area contributed by atoms with E-state index in [2.05, 4.69) is 5.32 Å². The van der Waals surface area contributed by atoms with Crippen LogP contribution in [0.15, 0.2) is 0 Å². The van der Waals surface area contributed by atoms with Crippen molar-refractivity contribution in [3.63, 3.8) is 0 Å². The number of rotatable bonds is 3. The molecule has 0 aromatic carbocycles. The van der Waals surface area contributed by atoms with Crippen molar-refractivity contribution >= 4 is 0 Å². The first-order chi connectivity index (χ1) is 4.84. The molecular formula is C7H14FNO. The first-order valence-electron chi connectivity index (χ1n) is 3.75. The van der Waals surface area contributed by atoms with Gasteiger partial charge in [0.2, 0.25) is 0 Å². The van der Waals surface area contributed by atoms with Crippen molar-refractivity contribution < 1.29 is 9.13 Å². The molecule has 10 heavy (non-hydrogen) atoms. The van der Waals surface area contributed by atoms with Gasteiger partial charge in [-0.1, -0.05) is 0 Å². The van der Waals surface area contributed by atoms with E-state index in [1.54, 1.807) is 0 Å². The van der Waals surface area contributed by atoms with Gasteiger partial charge in [-0.2, -0.15) is 0 Å². The highest BCUT2D eigenvalue weighted by Crippen LogP contribution is 2.11. The third-order valence-corrected chi connectivity index (χ3v) is 1.88. The van der Waals surface area contributed by atoms with Crippen LogP contribution in [0.5, 0.6) is 0 Å². The molecule has 0 aliphatic carbocycles. The summed E-state index contributed by atoms with van der Waals surface area (Å²) in [7, 11) is 0. The largest absolute Gasteiger partial charge is 0.377 e. The van der Waals surface area contributed by atoms with Crippen molar-refractivity contribution in [3.8, 4) is 0 Å². The fraction of sp³-hybridized carbons (Fsp3) is 1.00. The maximum atomic E-state index is 11.7. The van der Waals surface area contributed by atoms with Gasteiger partial charge in [0.1, 0.15) is 6.67 Å². The van der Waals surface area contributed by atoms with Gasteiger partial charge in [0.05, 0.1) is 6.10 Å². The molecule has 1 heterocycles. The standard InChI is InChI=1S/C7H14FNO/c1-6-7(2-5-10-6)9-4-3-8/h6-7,9H,2-5H2,1H3/t6-,7-/m1/s1. The second kappa shape index (κ2) is 3.88. The van der Waals surface area contributed by atoms with Crippen LogP contribution in [-0.2, 0) is 4.74 Å². The van der Waals surface area contributed by atoms with Crippen LogP contribution >= 0.6 is 0 Å². The lowest BCUT2D eigenvalue weighted by atomic mass is 10.1. The molecule has 2 atom stereocenters. The minimum Gasteiger partial charge on any atom is -0.377 e. The van der Waals surface area contributed by atoms with E-state index in [4.69, 9.17) is 4.74 Å². The van der Waals surface area contributed by atoms with Crippen molar-refractivity contribution in [1.29, 1.82) is 0 Å². The van der Waals surface area contributed by atoms with Gasteiger partial charge in [-0.25, -0.2) is 4.39 Å². The van der Waals surface area contributed by atoms with Crippen LogP contribution in [0.2, 0.25) is 0 Å². The zero-order valence-corrected chi connectivity index (χ0v) is 6.27. The predicted molar refractivity (Wildman–Crippen MR) is 37.8 cm³/mol. The lowest BCUT2D eigenvalue weighted by molar-refractivity contribution is 0.113. The average Bonchev–Trinajstić information content (AvgIpc) is 2.31. The minimum atomic E-state index is -0.288. The lowest BCUT2D eigenvalue weighted by Gasteiger charge is -2.13. The summed E-state index contributed by atoms with van der Waals surface area (Å²) in [5.74, 6) is 0. The van der Waals surface area contributed by atoms with Gasteiger partial charge in [-0.3, -0.25) is 0 Å². The summed E-state index contributed by atoms with van der Waals surface area (Å²) < 4.78 is 16.9. The van der Waals surface area contributed by atoms with Crippen LogP contribution in [0.4, 0.5) is 4.39 Å². The van der Waals surface area contributed by atoms with Crippen LogP contribution < -0.4 is 5.32 Å². The topological polar surface area (TPSA) is 21.3 Å². The highest BCUT2D eigenvalue weighted by molar-refractivity contribution is 4.78. The molecule has 1 aliphatic rings. The monoisotopic (exact) mass is 147 g/mol. The minimum absolute atomic E-state index is 0.256. The molecule has 1 rings (SSSR count). The molecule has 0 aromatic rings. The van der Waals surface area contributed by atoms with Gasteiger partial charge >= 0.3 is 0 Å². The quantitative estimate of drug-likeness (QED) is 0.635. The fourth-order valence-corrected chi connectivity index (χ4v) is 1.24. The molecule has 2 nitrogen and oxygen atoms in total. The molecule has 0 bridgehead atoms. The molecule has 0 radical (unpaired) electrons. The highest BCUT2D eigenvalue weighted by Gasteiger charge is 2.22. The number of halogens is 1. The van der Waals surface area contributed by atoms with Gasteiger partial charge < -0.3 is 10.1 Å². The molecule has 1 N–H and O–H groups in total. The predicted octanol–water partition coefficient (Wildman–Crippen LogP) is 0.723. The van der Waals surface area contributed by atoms with Crippen LogP contribution in [0, 0.1) is 0 Å². The Hall–Kier alpha value is -0.150. The molecule has 3 heteroatoms. The second-order valence-corrected chi connectivity index (χ2v) is 2.61. The Morgan fingerprint density at radius 3 is 3.00 bits per heavy atom. The molecule has 0 unspecified atom stereocenters. The van der Waals surface area contributed by atoms with E-state index < -0.39 is 0 Å². The Morgan fingerprint density at radius 1 is 1.70 bits per heavy atom. The molecule has 0 amide bonds. The third kappa shape index (κ3) is 1.92. The maximum Gasteiger partial charge on any atom is 0.102 e. The zero-order valence-electron chi connectivity index (χ0n) is 6.27. The van der Waals surface area contributed by atoms with Crippen LogP contribution in [0.1, 0.15) is 13.3 Å². The van der Waals surface area contributed by atoms with E-state index in [0.717, 1.165) is 13.0 Å². The number of hydrogen-bond acceptors (Lipinski definition) is 2. The summed E-state index contributed by atoms with van der Waals surface area (Å²) in [6.07, 6.45) is 1.27. The Kier molecular flexibility index (Phi) is 3.09. The van der Waals surface area contributed by atoms with Crippen molar-refractivity contribution in [2.45, 2.75) is 25.5 Å². The number of alkyl halides is 1. The maximum absolute atomic E-state index is 11.7. The number of nitrogens with one attached hydrogen (secondary N) is 1. The average molecular weight is 147 g/mol. The van der Waals surface area contributed by atoms with Crippen LogP contribution in [0.3, 0.4) is 0 Å². The first kappa shape index (κ1) is 7.95. The molecule has 1 saturated heterocycles. The summed E-state index contributed by atoms with van der Waals surface area (Å²) in [6.45, 7) is 3.00. The Bertz CT molecular complexity index is 99.6. The molecule has 0 spiro atoms.